The van der Waals surface area contributed by atoms with E-state index in [1.807, 2.05) is 6.92 Å². The highest BCUT2D eigenvalue weighted by molar-refractivity contribution is 5.67. The number of carboxylic acid groups (broad SMARTS) is 1. The quantitative estimate of drug-likeness (QED) is 0.177. The fourth-order valence-corrected chi connectivity index (χ4v) is 4.12. The molecule has 0 aliphatic carbocycles. The van der Waals surface area contributed by atoms with Crippen molar-refractivity contribution in [2.75, 3.05) is 20.6 Å². The van der Waals surface area contributed by atoms with E-state index in [1.165, 1.54) is 76.3 Å². The first-order valence-corrected chi connectivity index (χ1v) is 13.4. The van der Waals surface area contributed by atoms with E-state index < -0.39 is 5.97 Å². The maximum Gasteiger partial charge on any atom is 0.104 e. The fourth-order valence-electron chi connectivity index (χ4n) is 4.12. The van der Waals surface area contributed by atoms with Gasteiger partial charge in [-0.15, -0.1) is 0 Å². The molecule has 32 heavy (non-hydrogen) atoms. The Balaban J connectivity index is 0.000000809. The first-order valence-electron chi connectivity index (χ1n) is 13.4. The molecule has 186 valence electrons. The molecule has 1 unspecified atom stereocenters. The summed E-state index contributed by atoms with van der Waals surface area (Å²) in [7, 11) is 4.72. The number of unbranched alkanes of at least 4 members (excludes halogenated alkanes) is 10. The third-order valence-electron chi connectivity index (χ3n) is 6.30. The van der Waals surface area contributed by atoms with Crippen molar-refractivity contribution in [2.45, 2.75) is 117 Å². The molecule has 1 rings (SSSR count). The van der Waals surface area contributed by atoms with Crippen LogP contribution in [0.4, 0.5) is 0 Å². The molecule has 0 saturated carbocycles. The van der Waals surface area contributed by atoms with Gasteiger partial charge >= 0.3 is 0 Å². The van der Waals surface area contributed by atoms with Gasteiger partial charge in [-0.05, 0) is 31.6 Å². The minimum absolute atomic E-state index is 0.222. The Morgan fingerprint density at radius 3 is 1.75 bits per heavy atom. The number of hydrogen-bond donors (Lipinski definition) is 0. The molecule has 0 saturated heterocycles. The molecule has 0 spiro atoms. The topological polar surface area (TPSA) is 40.1 Å². The molecular formula is C29H53NO2. The van der Waals surface area contributed by atoms with Gasteiger partial charge in [-0.1, -0.05) is 115 Å². The van der Waals surface area contributed by atoms with Crippen molar-refractivity contribution in [1.29, 1.82) is 0 Å². The van der Waals surface area contributed by atoms with Crippen molar-refractivity contribution >= 4 is 5.97 Å². The van der Waals surface area contributed by atoms with Gasteiger partial charge in [0.25, 0.3) is 0 Å². The van der Waals surface area contributed by atoms with Crippen LogP contribution in [-0.4, -0.2) is 31.1 Å². The average Bonchev–Trinajstić information content (AvgIpc) is 2.76. The Kier molecular flexibility index (Phi) is 19.4. The molecule has 1 aromatic rings. The summed E-state index contributed by atoms with van der Waals surface area (Å²) in [6, 6.07) is 10.9. The number of carbonyl (C=O) groups is 1. The highest BCUT2D eigenvalue weighted by atomic mass is 16.4. The highest BCUT2D eigenvalue weighted by Gasteiger charge is 2.14. The summed E-state index contributed by atoms with van der Waals surface area (Å²) in [5.74, 6) is -1.11. The number of rotatable bonds is 18. The second-order valence-electron chi connectivity index (χ2n) is 10.1. The van der Waals surface area contributed by atoms with Crippen LogP contribution in [0.25, 0.3) is 0 Å². The molecule has 0 amide bonds. The molecule has 0 heterocycles. The van der Waals surface area contributed by atoms with Gasteiger partial charge in [0.1, 0.15) is 6.54 Å². The van der Waals surface area contributed by atoms with E-state index in [0.717, 1.165) is 30.3 Å². The number of nitrogens with zero attached hydrogens (tertiary/aromatic N) is 1. The molecule has 3 heteroatoms. The summed E-state index contributed by atoms with van der Waals surface area (Å²) >= 11 is 0. The van der Waals surface area contributed by atoms with Gasteiger partial charge in [0.05, 0.1) is 20.6 Å². The van der Waals surface area contributed by atoms with Crippen LogP contribution in [0.5, 0.6) is 0 Å². The summed E-state index contributed by atoms with van der Waals surface area (Å²) in [6.45, 7) is 8.68. The lowest BCUT2D eigenvalue weighted by atomic mass is 10.00. The molecule has 0 fully saturated rings. The number of carbonyl (C=O) groups excluding carboxylic acids is 1. The van der Waals surface area contributed by atoms with Gasteiger partial charge in [0.2, 0.25) is 0 Å². The molecule has 0 aliphatic rings. The van der Waals surface area contributed by atoms with Crippen LogP contribution in [0.15, 0.2) is 30.3 Å². The lowest BCUT2D eigenvalue weighted by Gasteiger charge is -2.30. The smallest absolute Gasteiger partial charge is 0.104 e. The van der Waals surface area contributed by atoms with E-state index in [4.69, 9.17) is 0 Å². The Morgan fingerprint density at radius 1 is 0.781 bits per heavy atom. The molecule has 0 bridgehead atoms. The standard InChI is InChI=1S/C21H38N.C8H16O2/c1-4-5-6-7-8-9-10-11-12-16-19-22(2,3)20-21-17-14-13-15-18-21;1-3-5-6-7(4-2)8(9)10/h13-15,17-18H,4-12,16,19-20H2,1-3H3;7H,3-6H2,1-2H3,(H,9,10)/q+1;/p-1. The zero-order chi connectivity index (χ0) is 24.1. The van der Waals surface area contributed by atoms with E-state index in [0.29, 0.717) is 6.42 Å². The normalized spacial score (nSPS) is 12.2. The van der Waals surface area contributed by atoms with E-state index in [2.05, 4.69) is 58.3 Å². The van der Waals surface area contributed by atoms with Crippen LogP contribution in [0.2, 0.25) is 0 Å². The van der Waals surface area contributed by atoms with Crippen LogP contribution in [0, 0.1) is 5.92 Å². The first-order chi connectivity index (χ1) is 15.4. The van der Waals surface area contributed by atoms with Crippen LogP contribution >= 0.6 is 0 Å². The number of carboxylic acids is 1. The summed E-state index contributed by atoms with van der Waals surface area (Å²) in [6.07, 6.45) is 17.8. The molecule has 0 radical (unpaired) electrons. The van der Waals surface area contributed by atoms with Crippen molar-refractivity contribution in [3.63, 3.8) is 0 Å². The molecule has 0 aromatic heterocycles. The fraction of sp³-hybridized carbons (Fsp3) is 0.759. The minimum Gasteiger partial charge on any atom is -0.550 e. The van der Waals surface area contributed by atoms with E-state index in [9.17, 15) is 9.90 Å². The van der Waals surface area contributed by atoms with Crippen molar-refractivity contribution < 1.29 is 14.4 Å². The summed E-state index contributed by atoms with van der Waals surface area (Å²) < 4.78 is 1.11. The van der Waals surface area contributed by atoms with Crippen LogP contribution in [-0.2, 0) is 11.3 Å². The van der Waals surface area contributed by atoms with E-state index in [1.54, 1.807) is 0 Å². The maximum atomic E-state index is 10.3. The SMILES string of the molecule is CCCCC(CC)C(=O)[O-].CCCCCCCCCCCC[N+](C)(C)Cc1ccccc1. The molecule has 1 atom stereocenters. The van der Waals surface area contributed by atoms with Gasteiger partial charge < -0.3 is 14.4 Å². The van der Waals surface area contributed by atoms with Crippen LogP contribution in [0.3, 0.4) is 0 Å². The second-order valence-corrected chi connectivity index (χ2v) is 10.1. The molecule has 0 aliphatic heterocycles. The Bertz CT molecular complexity index is 541. The third kappa shape index (κ3) is 18.2. The summed E-state index contributed by atoms with van der Waals surface area (Å²) in [5, 5.41) is 10.3. The Labute approximate surface area is 200 Å². The maximum absolute atomic E-state index is 10.3. The summed E-state index contributed by atoms with van der Waals surface area (Å²) in [5.41, 5.74) is 1.46. The lowest BCUT2D eigenvalue weighted by Crippen LogP contribution is -2.39. The number of benzene rings is 1. The first kappa shape index (κ1) is 30.6. The van der Waals surface area contributed by atoms with E-state index in [-0.39, 0.29) is 5.92 Å². The van der Waals surface area contributed by atoms with Gasteiger partial charge in [0.15, 0.2) is 0 Å². The van der Waals surface area contributed by atoms with Gasteiger partial charge in [-0.3, -0.25) is 0 Å². The molecule has 3 nitrogen and oxygen atoms in total. The van der Waals surface area contributed by atoms with Crippen molar-refractivity contribution in [2.24, 2.45) is 5.92 Å². The predicted octanol–water partition coefficient (Wildman–Crippen LogP) is 7.14. The summed E-state index contributed by atoms with van der Waals surface area (Å²) in [4.78, 5) is 10.3. The number of hydrogen-bond acceptors (Lipinski definition) is 2. The Morgan fingerprint density at radius 2 is 1.28 bits per heavy atom. The van der Waals surface area contributed by atoms with Crippen molar-refractivity contribution in [3.05, 3.63) is 35.9 Å². The van der Waals surface area contributed by atoms with Crippen LogP contribution < -0.4 is 5.11 Å². The van der Waals surface area contributed by atoms with E-state index >= 15 is 0 Å². The van der Waals surface area contributed by atoms with Gasteiger partial charge in [-0.2, -0.15) is 0 Å². The second kappa shape index (κ2) is 20.3. The lowest BCUT2D eigenvalue weighted by molar-refractivity contribution is -0.903. The number of aliphatic carboxylic acids is 1. The van der Waals surface area contributed by atoms with Crippen molar-refractivity contribution in [1.82, 2.24) is 0 Å². The predicted molar refractivity (Wildman–Crippen MR) is 137 cm³/mol. The highest BCUT2D eigenvalue weighted by Crippen LogP contribution is 2.14. The third-order valence-corrected chi connectivity index (χ3v) is 6.30. The van der Waals surface area contributed by atoms with Crippen molar-refractivity contribution in [3.8, 4) is 0 Å². The zero-order valence-electron chi connectivity index (χ0n) is 22.0. The zero-order valence-corrected chi connectivity index (χ0v) is 22.0. The van der Waals surface area contributed by atoms with Crippen LogP contribution in [0.1, 0.15) is 116 Å². The molecule has 0 N–H and O–H groups in total. The monoisotopic (exact) mass is 447 g/mol. The molecular weight excluding hydrogens is 394 g/mol. The molecule has 1 aromatic carbocycles. The average molecular weight is 448 g/mol. The van der Waals surface area contributed by atoms with Gasteiger partial charge in [0, 0.05) is 11.5 Å². The Hall–Kier alpha value is -1.35. The number of quaternary nitrogens is 1. The largest absolute Gasteiger partial charge is 0.550 e. The van der Waals surface area contributed by atoms with Gasteiger partial charge in [-0.25, -0.2) is 0 Å². The minimum atomic E-state index is -0.893.